The molecular weight excluding hydrogens is 374 g/mol. The van der Waals surface area contributed by atoms with Gasteiger partial charge in [0.25, 0.3) is 0 Å². The molecule has 0 radical (unpaired) electrons. The van der Waals surface area contributed by atoms with Crippen molar-refractivity contribution in [2.24, 2.45) is 0 Å². The van der Waals surface area contributed by atoms with Crippen LogP contribution in [0.3, 0.4) is 0 Å². The zero-order valence-corrected chi connectivity index (χ0v) is 18.2. The van der Waals surface area contributed by atoms with Gasteiger partial charge in [-0.15, -0.1) is 0 Å². The van der Waals surface area contributed by atoms with E-state index in [-0.39, 0.29) is 5.91 Å². The Morgan fingerprint density at radius 3 is 2.36 bits per heavy atom. The molecule has 28 heavy (non-hydrogen) atoms. The first-order valence-electron chi connectivity index (χ1n) is 10.3. The van der Waals surface area contributed by atoms with Crippen molar-refractivity contribution in [2.45, 2.75) is 56.9 Å². The van der Waals surface area contributed by atoms with E-state index < -0.39 is 10.0 Å². The number of hydrogen-bond donors (Lipinski definition) is 0. The molecule has 1 heterocycles. The maximum Gasteiger partial charge on any atom is 0.243 e. The summed E-state index contributed by atoms with van der Waals surface area (Å²) in [6.45, 7) is 6.16. The van der Waals surface area contributed by atoms with E-state index in [1.807, 2.05) is 37.9 Å². The van der Waals surface area contributed by atoms with Crippen LogP contribution < -0.4 is 0 Å². The zero-order chi connectivity index (χ0) is 20.3. The minimum atomic E-state index is -3.49. The van der Waals surface area contributed by atoms with E-state index in [1.54, 1.807) is 10.4 Å². The number of nitrogens with zero attached hydrogens (tertiary/aromatic N) is 3. The van der Waals surface area contributed by atoms with E-state index in [4.69, 9.17) is 0 Å². The molecule has 0 N–H and O–H groups in total. The third-order valence-corrected chi connectivity index (χ3v) is 8.21. The summed E-state index contributed by atoms with van der Waals surface area (Å²) in [6.07, 6.45) is 5.89. The molecule has 0 unspecified atom stereocenters. The summed E-state index contributed by atoms with van der Waals surface area (Å²) in [7, 11) is -1.57. The monoisotopic (exact) mass is 407 g/mol. The van der Waals surface area contributed by atoms with Gasteiger partial charge in [0.05, 0.1) is 11.4 Å². The van der Waals surface area contributed by atoms with Crippen molar-refractivity contribution >= 4 is 15.9 Å². The first-order valence-corrected chi connectivity index (χ1v) is 11.8. The average Bonchev–Trinajstić information content (AvgIpc) is 2.70. The molecule has 0 bridgehead atoms. The SMILES string of the molecule is Cc1ccc(C)c(S(=O)(=O)N2CCN(CC(=O)N(C)C3CCCCC3)CC2)c1. The van der Waals surface area contributed by atoms with Gasteiger partial charge in [-0.05, 0) is 43.9 Å². The lowest BCUT2D eigenvalue weighted by Crippen LogP contribution is -2.52. The molecule has 2 fully saturated rings. The molecule has 1 saturated carbocycles. The van der Waals surface area contributed by atoms with Gasteiger partial charge in [-0.25, -0.2) is 8.42 Å². The van der Waals surface area contributed by atoms with Gasteiger partial charge >= 0.3 is 0 Å². The lowest BCUT2D eigenvalue weighted by atomic mass is 9.94. The molecule has 156 valence electrons. The number of rotatable bonds is 5. The fourth-order valence-corrected chi connectivity index (χ4v) is 5.96. The van der Waals surface area contributed by atoms with E-state index in [2.05, 4.69) is 4.90 Å². The van der Waals surface area contributed by atoms with Crippen LogP contribution in [0, 0.1) is 13.8 Å². The molecule has 2 aliphatic rings. The molecule has 3 rings (SSSR count). The summed E-state index contributed by atoms with van der Waals surface area (Å²) in [4.78, 5) is 17.0. The van der Waals surface area contributed by atoms with E-state index in [9.17, 15) is 13.2 Å². The summed E-state index contributed by atoms with van der Waals surface area (Å²) in [5.41, 5.74) is 1.72. The Labute approximate surface area is 169 Å². The van der Waals surface area contributed by atoms with E-state index in [0.29, 0.717) is 43.7 Å². The Kier molecular flexibility index (Phi) is 6.78. The fourth-order valence-electron chi connectivity index (χ4n) is 4.23. The van der Waals surface area contributed by atoms with Crippen LogP contribution in [-0.2, 0) is 14.8 Å². The predicted octanol–water partition coefficient (Wildman–Crippen LogP) is 2.40. The standard InChI is InChI=1S/C21H33N3O3S/c1-17-9-10-18(2)20(15-17)28(26,27)24-13-11-23(12-14-24)16-21(25)22(3)19-7-5-4-6-8-19/h9-10,15,19H,4-8,11-14,16H2,1-3H3. The number of carbonyl (C=O) groups excluding carboxylic acids is 1. The second kappa shape index (κ2) is 8.93. The van der Waals surface area contributed by atoms with Crippen LogP contribution in [0.1, 0.15) is 43.2 Å². The highest BCUT2D eigenvalue weighted by molar-refractivity contribution is 7.89. The Morgan fingerprint density at radius 1 is 1.07 bits per heavy atom. The largest absolute Gasteiger partial charge is 0.342 e. The molecule has 0 atom stereocenters. The normalized spacial score (nSPS) is 20.2. The van der Waals surface area contributed by atoms with Crippen molar-refractivity contribution in [1.82, 2.24) is 14.1 Å². The minimum absolute atomic E-state index is 0.151. The fraction of sp³-hybridized carbons (Fsp3) is 0.667. The van der Waals surface area contributed by atoms with Crippen LogP contribution in [0.5, 0.6) is 0 Å². The second-order valence-corrected chi connectivity index (χ2v) is 10.2. The molecular formula is C21H33N3O3S. The number of piperazine rings is 1. The highest BCUT2D eigenvalue weighted by atomic mass is 32.2. The van der Waals surface area contributed by atoms with Crippen molar-refractivity contribution in [3.8, 4) is 0 Å². The van der Waals surface area contributed by atoms with E-state index in [1.165, 1.54) is 19.3 Å². The Morgan fingerprint density at radius 2 is 1.71 bits per heavy atom. The quantitative estimate of drug-likeness (QED) is 0.752. The Balaban J connectivity index is 1.56. The number of amides is 1. The van der Waals surface area contributed by atoms with Gasteiger partial charge in [-0.3, -0.25) is 9.69 Å². The summed E-state index contributed by atoms with van der Waals surface area (Å²) in [5.74, 6) is 0.151. The molecule has 1 aromatic rings. The predicted molar refractivity (Wildman–Crippen MR) is 111 cm³/mol. The molecule has 7 heteroatoms. The molecule has 1 aromatic carbocycles. The summed E-state index contributed by atoms with van der Waals surface area (Å²) in [5, 5.41) is 0. The Bertz CT molecular complexity index is 795. The van der Waals surface area contributed by atoms with Crippen molar-refractivity contribution in [3.05, 3.63) is 29.3 Å². The van der Waals surface area contributed by atoms with Gasteiger partial charge in [-0.1, -0.05) is 31.4 Å². The number of carbonyl (C=O) groups is 1. The van der Waals surface area contributed by atoms with Gasteiger partial charge in [0.15, 0.2) is 0 Å². The molecule has 0 spiro atoms. The van der Waals surface area contributed by atoms with Crippen molar-refractivity contribution in [1.29, 1.82) is 0 Å². The van der Waals surface area contributed by atoms with Gasteiger partial charge < -0.3 is 4.90 Å². The minimum Gasteiger partial charge on any atom is -0.342 e. The summed E-state index contributed by atoms with van der Waals surface area (Å²) >= 11 is 0. The average molecular weight is 408 g/mol. The number of likely N-dealkylation sites (N-methyl/N-ethyl adjacent to an activating group) is 1. The second-order valence-electron chi connectivity index (χ2n) is 8.25. The van der Waals surface area contributed by atoms with Crippen LogP contribution in [0.25, 0.3) is 0 Å². The molecule has 0 aromatic heterocycles. The first kappa shape index (κ1) is 21.3. The first-order chi connectivity index (χ1) is 13.3. The van der Waals surface area contributed by atoms with Crippen molar-refractivity contribution in [2.75, 3.05) is 39.8 Å². The number of sulfonamides is 1. The number of aryl methyl sites for hydroxylation is 2. The molecule has 6 nitrogen and oxygen atoms in total. The lowest BCUT2D eigenvalue weighted by molar-refractivity contribution is -0.134. The van der Waals surface area contributed by atoms with Crippen molar-refractivity contribution in [3.63, 3.8) is 0 Å². The van der Waals surface area contributed by atoms with Crippen LogP contribution in [0.4, 0.5) is 0 Å². The van der Waals surface area contributed by atoms with Crippen LogP contribution in [0.2, 0.25) is 0 Å². The van der Waals surface area contributed by atoms with Gasteiger partial charge in [0.1, 0.15) is 0 Å². The summed E-state index contributed by atoms with van der Waals surface area (Å²) in [6, 6.07) is 5.91. The third-order valence-electron chi connectivity index (χ3n) is 6.17. The summed E-state index contributed by atoms with van der Waals surface area (Å²) < 4.78 is 27.6. The smallest absolute Gasteiger partial charge is 0.243 e. The van der Waals surface area contributed by atoms with Crippen LogP contribution in [0.15, 0.2) is 23.1 Å². The topological polar surface area (TPSA) is 60.9 Å². The van der Waals surface area contributed by atoms with Gasteiger partial charge in [0, 0.05) is 39.3 Å². The van der Waals surface area contributed by atoms with Gasteiger partial charge in [0.2, 0.25) is 15.9 Å². The highest BCUT2D eigenvalue weighted by Crippen LogP contribution is 2.23. The van der Waals surface area contributed by atoms with E-state index >= 15 is 0 Å². The van der Waals surface area contributed by atoms with Gasteiger partial charge in [-0.2, -0.15) is 4.31 Å². The third kappa shape index (κ3) is 4.75. The van der Waals surface area contributed by atoms with Crippen LogP contribution >= 0.6 is 0 Å². The number of hydrogen-bond acceptors (Lipinski definition) is 4. The lowest BCUT2D eigenvalue weighted by Gasteiger charge is -2.36. The molecule has 1 saturated heterocycles. The van der Waals surface area contributed by atoms with Crippen molar-refractivity contribution < 1.29 is 13.2 Å². The molecule has 1 aliphatic carbocycles. The zero-order valence-electron chi connectivity index (χ0n) is 17.4. The maximum absolute atomic E-state index is 13.0. The highest BCUT2D eigenvalue weighted by Gasteiger charge is 2.31. The number of benzene rings is 1. The maximum atomic E-state index is 13.0. The Hall–Kier alpha value is -1.44. The van der Waals surface area contributed by atoms with Crippen LogP contribution in [-0.4, -0.2) is 74.2 Å². The molecule has 1 aliphatic heterocycles. The van der Waals surface area contributed by atoms with E-state index in [0.717, 1.165) is 24.0 Å². The molecule has 1 amide bonds.